The summed E-state index contributed by atoms with van der Waals surface area (Å²) in [5.74, 6) is 0.460. The molecule has 1 amide bonds. The van der Waals surface area contributed by atoms with Crippen LogP contribution in [-0.4, -0.2) is 13.0 Å². The van der Waals surface area contributed by atoms with Gasteiger partial charge in [0, 0.05) is 5.56 Å². The first kappa shape index (κ1) is 14.5. The summed E-state index contributed by atoms with van der Waals surface area (Å²) in [7, 11) is 1.61. The van der Waals surface area contributed by atoms with Gasteiger partial charge in [-0.05, 0) is 37.6 Å². The number of aryl methyl sites for hydroxylation is 1. The zero-order valence-corrected chi connectivity index (χ0v) is 12.3. The summed E-state index contributed by atoms with van der Waals surface area (Å²) in [6, 6.07) is 7.17. The standard InChI is InChI=1S/C15H16ClNO3/c1-9-4-5-13(19-3)12(8-9)10(2)17-15(18)11-6-7-20-14(11)16/h4-8,10H,1-3H3,(H,17,18). The molecule has 0 aliphatic carbocycles. The average Bonchev–Trinajstić information content (AvgIpc) is 2.85. The van der Waals surface area contributed by atoms with Gasteiger partial charge in [-0.15, -0.1) is 0 Å². The van der Waals surface area contributed by atoms with Crippen molar-refractivity contribution in [2.45, 2.75) is 19.9 Å². The van der Waals surface area contributed by atoms with E-state index in [2.05, 4.69) is 5.32 Å². The van der Waals surface area contributed by atoms with Gasteiger partial charge in [0.25, 0.3) is 5.91 Å². The summed E-state index contributed by atoms with van der Waals surface area (Å²) >= 11 is 5.80. The number of hydrogen-bond donors (Lipinski definition) is 1. The van der Waals surface area contributed by atoms with Crippen LogP contribution in [0.25, 0.3) is 0 Å². The molecule has 1 aromatic carbocycles. The Morgan fingerprint density at radius 3 is 2.75 bits per heavy atom. The molecule has 2 rings (SSSR count). The Hall–Kier alpha value is -1.94. The van der Waals surface area contributed by atoms with E-state index in [0.29, 0.717) is 5.56 Å². The third kappa shape index (κ3) is 2.96. The van der Waals surface area contributed by atoms with Gasteiger partial charge in [0.05, 0.1) is 25.0 Å². The molecule has 1 unspecified atom stereocenters. The van der Waals surface area contributed by atoms with Crippen LogP contribution in [0.4, 0.5) is 0 Å². The first-order valence-corrected chi connectivity index (χ1v) is 6.59. The quantitative estimate of drug-likeness (QED) is 0.934. The highest BCUT2D eigenvalue weighted by Gasteiger charge is 2.18. The lowest BCUT2D eigenvalue weighted by atomic mass is 10.0. The van der Waals surface area contributed by atoms with Crippen molar-refractivity contribution in [2.75, 3.05) is 7.11 Å². The second-order valence-corrected chi connectivity index (χ2v) is 4.89. The Kier molecular flexibility index (Phi) is 4.35. The first-order valence-electron chi connectivity index (χ1n) is 6.21. The van der Waals surface area contributed by atoms with Crippen LogP contribution in [-0.2, 0) is 0 Å². The number of nitrogens with one attached hydrogen (secondary N) is 1. The number of carbonyl (C=O) groups excluding carboxylic acids is 1. The average molecular weight is 294 g/mol. The van der Waals surface area contributed by atoms with E-state index in [-0.39, 0.29) is 17.2 Å². The van der Waals surface area contributed by atoms with Crippen LogP contribution in [0.1, 0.15) is 34.5 Å². The van der Waals surface area contributed by atoms with Crippen molar-refractivity contribution in [3.05, 3.63) is 52.4 Å². The highest BCUT2D eigenvalue weighted by Crippen LogP contribution is 2.27. The SMILES string of the molecule is COc1ccc(C)cc1C(C)NC(=O)c1ccoc1Cl. The summed E-state index contributed by atoms with van der Waals surface area (Å²) in [5, 5.41) is 2.97. The lowest BCUT2D eigenvalue weighted by Gasteiger charge is -2.17. The summed E-state index contributed by atoms with van der Waals surface area (Å²) in [6.45, 7) is 3.88. The molecule has 20 heavy (non-hydrogen) atoms. The molecule has 0 fully saturated rings. The van der Waals surface area contributed by atoms with Crippen molar-refractivity contribution in [2.24, 2.45) is 0 Å². The number of furan rings is 1. The molecule has 0 radical (unpaired) electrons. The molecule has 1 N–H and O–H groups in total. The fourth-order valence-corrected chi connectivity index (χ4v) is 2.20. The van der Waals surface area contributed by atoms with Crippen LogP contribution >= 0.6 is 11.6 Å². The Morgan fingerprint density at radius 2 is 2.15 bits per heavy atom. The second kappa shape index (κ2) is 6.01. The van der Waals surface area contributed by atoms with Crippen molar-refractivity contribution in [1.29, 1.82) is 0 Å². The fraction of sp³-hybridized carbons (Fsp3) is 0.267. The minimum absolute atomic E-state index is 0.0888. The van der Waals surface area contributed by atoms with Crippen LogP contribution < -0.4 is 10.1 Å². The molecule has 1 heterocycles. The molecule has 0 bridgehead atoms. The maximum atomic E-state index is 12.1. The first-order chi connectivity index (χ1) is 9.52. The van der Waals surface area contributed by atoms with Gasteiger partial charge < -0.3 is 14.5 Å². The van der Waals surface area contributed by atoms with E-state index in [4.69, 9.17) is 20.8 Å². The number of hydrogen-bond acceptors (Lipinski definition) is 3. The third-order valence-electron chi connectivity index (χ3n) is 3.06. The van der Waals surface area contributed by atoms with E-state index in [1.807, 2.05) is 32.0 Å². The lowest BCUT2D eigenvalue weighted by Crippen LogP contribution is -2.26. The van der Waals surface area contributed by atoms with Gasteiger partial charge in [0.2, 0.25) is 5.22 Å². The lowest BCUT2D eigenvalue weighted by molar-refractivity contribution is 0.0939. The van der Waals surface area contributed by atoms with E-state index in [1.54, 1.807) is 7.11 Å². The number of rotatable bonds is 4. The van der Waals surface area contributed by atoms with Crippen molar-refractivity contribution in [3.8, 4) is 5.75 Å². The van der Waals surface area contributed by atoms with Crippen LogP contribution in [0, 0.1) is 6.92 Å². The van der Waals surface area contributed by atoms with E-state index >= 15 is 0 Å². The van der Waals surface area contributed by atoms with Crippen LogP contribution in [0.15, 0.2) is 34.9 Å². The van der Waals surface area contributed by atoms with E-state index in [1.165, 1.54) is 12.3 Å². The Balaban J connectivity index is 2.20. The molecule has 0 saturated heterocycles. The minimum Gasteiger partial charge on any atom is -0.496 e. The molecule has 0 spiro atoms. The topological polar surface area (TPSA) is 51.5 Å². The van der Waals surface area contributed by atoms with Gasteiger partial charge in [-0.2, -0.15) is 0 Å². The normalized spacial score (nSPS) is 12.0. The Bertz CT molecular complexity index is 621. The van der Waals surface area contributed by atoms with Crippen LogP contribution in [0.3, 0.4) is 0 Å². The number of amides is 1. The molecule has 1 aromatic heterocycles. The summed E-state index contributed by atoms with van der Waals surface area (Å²) in [4.78, 5) is 12.1. The summed E-state index contributed by atoms with van der Waals surface area (Å²) in [5.41, 5.74) is 2.34. The minimum atomic E-state index is -0.278. The van der Waals surface area contributed by atoms with Gasteiger partial charge >= 0.3 is 0 Å². The molecule has 2 aromatic rings. The molecule has 4 nitrogen and oxygen atoms in total. The summed E-state index contributed by atoms with van der Waals surface area (Å²) < 4.78 is 10.2. The van der Waals surface area contributed by atoms with Gasteiger partial charge in [-0.25, -0.2) is 0 Å². The van der Waals surface area contributed by atoms with E-state index < -0.39 is 0 Å². The molecule has 0 aliphatic rings. The Labute approximate surface area is 122 Å². The molecule has 106 valence electrons. The van der Waals surface area contributed by atoms with Crippen molar-refractivity contribution in [3.63, 3.8) is 0 Å². The highest BCUT2D eigenvalue weighted by molar-refractivity contribution is 6.32. The predicted molar refractivity (Wildman–Crippen MR) is 77.3 cm³/mol. The highest BCUT2D eigenvalue weighted by atomic mass is 35.5. The van der Waals surface area contributed by atoms with Crippen LogP contribution in [0.5, 0.6) is 5.75 Å². The molecule has 5 heteroatoms. The molecule has 0 saturated carbocycles. The fourth-order valence-electron chi connectivity index (χ4n) is 2.00. The number of benzene rings is 1. The summed E-state index contributed by atoms with van der Waals surface area (Å²) in [6.07, 6.45) is 1.38. The molecule has 1 atom stereocenters. The van der Waals surface area contributed by atoms with Gasteiger partial charge in [-0.3, -0.25) is 4.79 Å². The largest absolute Gasteiger partial charge is 0.496 e. The maximum Gasteiger partial charge on any atom is 0.256 e. The third-order valence-corrected chi connectivity index (χ3v) is 3.35. The maximum absolute atomic E-state index is 12.1. The molecular formula is C15H16ClNO3. The number of methoxy groups -OCH3 is 1. The number of carbonyl (C=O) groups is 1. The van der Waals surface area contributed by atoms with Crippen molar-refractivity contribution >= 4 is 17.5 Å². The Morgan fingerprint density at radius 1 is 1.40 bits per heavy atom. The number of ether oxygens (including phenoxy) is 1. The smallest absolute Gasteiger partial charge is 0.256 e. The molecule has 0 aliphatic heterocycles. The van der Waals surface area contributed by atoms with E-state index in [0.717, 1.165) is 16.9 Å². The second-order valence-electron chi connectivity index (χ2n) is 4.55. The van der Waals surface area contributed by atoms with Crippen molar-refractivity contribution in [1.82, 2.24) is 5.32 Å². The van der Waals surface area contributed by atoms with E-state index in [9.17, 15) is 4.79 Å². The van der Waals surface area contributed by atoms with Gasteiger partial charge in [0.1, 0.15) is 5.75 Å². The van der Waals surface area contributed by atoms with Crippen LogP contribution in [0.2, 0.25) is 5.22 Å². The van der Waals surface area contributed by atoms with Gasteiger partial charge in [-0.1, -0.05) is 17.7 Å². The monoisotopic (exact) mass is 293 g/mol. The van der Waals surface area contributed by atoms with Gasteiger partial charge in [0.15, 0.2) is 0 Å². The molecular weight excluding hydrogens is 278 g/mol. The van der Waals surface area contributed by atoms with Crippen molar-refractivity contribution < 1.29 is 13.9 Å². The zero-order chi connectivity index (χ0) is 14.7. The zero-order valence-electron chi connectivity index (χ0n) is 11.6. The number of halogens is 1. The predicted octanol–water partition coefficient (Wildman–Crippen LogP) is 3.74.